The van der Waals surface area contributed by atoms with Crippen LogP contribution in [0.5, 0.6) is 11.5 Å². The van der Waals surface area contributed by atoms with Gasteiger partial charge >= 0.3 is 0 Å². The van der Waals surface area contributed by atoms with Gasteiger partial charge in [-0.3, -0.25) is 9.59 Å². The van der Waals surface area contributed by atoms with Crippen molar-refractivity contribution in [3.8, 4) is 11.5 Å². The van der Waals surface area contributed by atoms with Gasteiger partial charge in [0.05, 0.1) is 31.4 Å². The van der Waals surface area contributed by atoms with E-state index in [1.54, 1.807) is 23.1 Å². The van der Waals surface area contributed by atoms with Crippen LogP contribution in [0, 0.1) is 0 Å². The van der Waals surface area contributed by atoms with Gasteiger partial charge in [0.2, 0.25) is 0 Å². The van der Waals surface area contributed by atoms with Crippen LogP contribution in [0.2, 0.25) is 0 Å². The molecule has 0 radical (unpaired) electrons. The first-order chi connectivity index (χ1) is 15.6. The van der Waals surface area contributed by atoms with E-state index in [9.17, 15) is 14.7 Å². The van der Waals surface area contributed by atoms with Crippen LogP contribution in [0.25, 0.3) is 5.76 Å². The highest BCUT2D eigenvalue weighted by atomic mass is 16.5. The highest BCUT2D eigenvalue weighted by Gasteiger charge is 2.46. The monoisotopic (exact) mass is 451 g/mol. The molecule has 0 aliphatic carbocycles. The van der Waals surface area contributed by atoms with Gasteiger partial charge in [-0.15, -0.1) is 0 Å². The number of ketones is 1. The minimum absolute atomic E-state index is 0.0312. The summed E-state index contributed by atoms with van der Waals surface area (Å²) in [5, 5.41) is 11.3. The van der Waals surface area contributed by atoms with E-state index in [0.29, 0.717) is 23.6 Å². The van der Waals surface area contributed by atoms with Crippen molar-refractivity contribution >= 4 is 17.4 Å². The van der Waals surface area contributed by atoms with Crippen molar-refractivity contribution in [2.45, 2.75) is 52.0 Å². The van der Waals surface area contributed by atoms with E-state index in [2.05, 4.69) is 20.8 Å². The molecule has 6 heteroatoms. The summed E-state index contributed by atoms with van der Waals surface area (Å²) in [4.78, 5) is 27.8. The van der Waals surface area contributed by atoms with Gasteiger partial charge in [0.15, 0.2) is 0 Å². The van der Waals surface area contributed by atoms with Crippen molar-refractivity contribution in [3.05, 3.63) is 64.7 Å². The van der Waals surface area contributed by atoms with E-state index in [4.69, 9.17) is 9.47 Å². The van der Waals surface area contributed by atoms with Gasteiger partial charge in [0, 0.05) is 6.54 Å². The number of hydrogen-bond donors (Lipinski definition) is 1. The topological polar surface area (TPSA) is 76.1 Å². The third-order valence-electron chi connectivity index (χ3n) is 6.05. The second-order valence-electron chi connectivity index (χ2n) is 9.28. The lowest BCUT2D eigenvalue weighted by molar-refractivity contribution is -0.139. The highest BCUT2D eigenvalue weighted by molar-refractivity contribution is 6.46. The highest BCUT2D eigenvalue weighted by Crippen LogP contribution is 2.42. The lowest BCUT2D eigenvalue weighted by Crippen LogP contribution is -2.30. The maximum Gasteiger partial charge on any atom is 0.295 e. The summed E-state index contributed by atoms with van der Waals surface area (Å²) in [7, 11) is 3.01. The Bertz CT molecular complexity index is 1060. The number of carbonyl (C=O) groups excluding carboxylic acids is 2. The molecular weight excluding hydrogens is 418 g/mol. The Morgan fingerprint density at radius 3 is 2.24 bits per heavy atom. The number of benzene rings is 2. The Kier molecular flexibility index (Phi) is 7.15. The van der Waals surface area contributed by atoms with Gasteiger partial charge in [0.25, 0.3) is 11.7 Å². The van der Waals surface area contributed by atoms with Gasteiger partial charge in [-0.25, -0.2) is 0 Å². The molecule has 2 aromatic rings. The van der Waals surface area contributed by atoms with Gasteiger partial charge in [-0.05, 0) is 41.2 Å². The molecule has 1 saturated heterocycles. The molecule has 1 N–H and O–H groups in total. The Labute approximate surface area is 195 Å². The second-order valence-corrected chi connectivity index (χ2v) is 9.28. The summed E-state index contributed by atoms with van der Waals surface area (Å²) in [6, 6.07) is 12.2. The van der Waals surface area contributed by atoms with Crippen LogP contribution in [0.3, 0.4) is 0 Å². The zero-order valence-electron chi connectivity index (χ0n) is 20.3. The fraction of sp³-hybridized carbons (Fsp3) is 0.407. The number of methoxy groups -OCH3 is 2. The number of carbonyl (C=O) groups is 2. The van der Waals surface area contributed by atoms with Crippen LogP contribution in [0.4, 0.5) is 0 Å². The van der Waals surface area contributed by atoms with E-state index in [-0.39, 0.29) is 16.7 Å². The average Bonchev–Trinajstić information content (AvgIpc) is 3.06. The van der Waals surface area contributed by atoms with Crippen LogP contribution in [-0.4, -0.2) is 42.5 Å². The molecule has 33 heavy (non-hydrogen) atoms. The number of likely N-dealkylation sites (tertiary alicyclic amines) is 1. The number of aliphatic hydroxyl groups is 1. The van der Waals surface area contributed by atoms with E-state index >= 15 is 0 Å². The van der Waals surface area contributed by atoms with Crippen LogP contribution in [0.15, 0.2) is 48.0 Å². The fourth-order valence-electron chi connectivity index (χ4n) is 4.10. The molecule has 1 unspecified atom stereocenters. The molecule has 1 amide bonds. The summed E-state index contributed by atoms with van der Waals surface area (Å²) < 4.78 is 10.7. The molecule has 1 heterocycles. The predicted molar refractivity (Wildman–Crippen MR) is 129 cm³/mol. The molecule has 2 aromatic carbocycles. The van der Waals surface area contributed by atoms with Gasteiger partial charge in [-0.1, -0.05) is 58.4 Å². The molecule has 1 aliphatic heterocycles. The van der Waals surface area contributed by atoms with Crippen molar-refractivity contribution < 1.29 is 24.2 Å². The molecule has 0 saturated carbocycles. The SMILES string of the molecule is CCCCN1C(=O)C(=O)/C(=C(/O)c2cc(OC)ccc2OC)C1c1ccc(C(C)(C)C)cc1. The molecule has 6 nitrogen and oxygen atoms in total. The number of unbranched alkanes of at least 4 members (excludes halogenated alkanes) is 1. The maximum atomic E-state index is 13.2. The third-order valence-corrected chi connectivity index (χ3v) is 6.05. The van der Waals surface area contributed by atoms with Crippen molar-refractivity contribution in [2.75, 3.05) is 20.8 Å². The first-order valence-corrected chi connectivity index (χ1v) is 11.2. The lowest BCUT2D eigenvalue weighted by atomic mass is 9.85. The van der Waals surface area contributed by atoms with Crippen molar-refractivity contribution in [2.24, 2.45) is 0 Å². The molecule has 0 aromatic heterocycles. The number of ether oxygens (including phenoxy) is 2. The summed E-state index contributed by atoms with van der Waals surface area (Å²) in [5.41, 5.74) is 2.26. The van der Waals surface area contributed by atoms with Crippen LogP contribution < -0.4 is 9.47 Å². The van der Waals surface area contributed by atoms with Crippen LogP contribution >= 0.6 is 0 Å². The molecule has 1 aliphatic rings. The fourth-order valence-corrected chi connectivity index (χ4v) is 4.10. The zero-order chi connectivity index (χ0) is 24.3. The van der Waals surface area contributed by atoms with E-state index in [1.165, 1.54) is 14.2 Å². The number of hydrogen-bond acceptors (Lipinski definition) is 5. The first-order valence-electron chi connectivity index (χ1n) is 11.2. The largest absolute Gasteiger partial charge is 0.507 e. The number of amides is 1. The molecule has 0 spiro atoms. The summed E-state index contributed by atoms with van der Waals surface area (Å²) in [6.45, 7) is 8.85. The Hall–Kier alpha value is -3.28. The van der Waals surface area contributed by atoms with E-state index < -0.39 is 17.7 Å². The van der Waals surface area contributed by atoms with Gasteiger partial charge in [-0.2, -0.15) is 0 Å². The normalized spacial score (nSPS) is 18.0. The van der Waals surface area contributed by atoms with Crippen molar-refractivity contribution in [1.82, 2.24) is 4.90 Å². The zero-order valence-corrected chi connectivity index (χ0v) is 20.3. The lowest BCUT2D eigenvalue weighted by Gasteiger charge is -2.26. The Morgan fingerprint density at radius 1 is 1.03 bits per heavy atom. The number of Topliss-reactive ketones (excluding diaryl/α,β-unsaturated/α-hetero) is 1. The van der Waals surface area contributed by atoms with Crippen molar-refractivity contribution in [1.29, 1.82) is 0 Å². The van der Waals surface area contributed by atoms with Crippen LogP contribution in [0.1, 0.15) is 63.3 Å². The molecular formula is C27H33NO5. The maximum absolute atomic E-state index is 13.2. The smallest absolute Gasteiger partial charge is 0.295 e. The third kappa shape index (κ3) is 4.75. The molecule has 0 bridgehead atoms. The van der Waals surface area contributed by atoms with Gasteiger partial charge < -0.3 is 19.5 Å². The van der Waals surface area contributed by atoms with E-state index in [0.717, 1.165) is 24.0 Å². The van der Waals surface area contributed by atoms with Gasteiger partial charge in [0.1, 0.15) is 17.3 Å². The minimum Gasteiger partial charge on any atom is -0.507 e. The molecule has 1 fully saturated rings. The van der Waals surface area contributed by atoms with E-state index in [1.807, 2.05) is 31.2 Å². The number of nitrogens with zero attached hydrogens (tertiary/aromatic N) is 1. The minimum atomic E-state index is -0.696. The molecule has 3 rings (SSSR count). The van der Waals surface area contributed by atoms with Crippen LogP contribution in [-0.2, 0) is 15.0 Å². The second kappa shape index (κ2) is 9.69. The summed E-state index contributed by atoms with van der Waals surface area (Å²) >= 11 is 0. The standard InChI is InChI=1S/C27H33NO5/c1-7-8-15-28-23(17-9-11-18(12-10-17)27(2,3)4)22(25(30)26(28)31)24(29)20-16-19(32-5)13-14-21(20)33-6/h9-14,16,23,29H,7-8,15H2,1-6H3/b24-22+. The first kappa shape index (κ1) is 24.4. The predicted octanol–water partition coefficient (Wildman–Crippen LogP) is 5.22. The quantitative estimate of drug-likeness (QED) is 0.355. The molecule has 1 atom stereocenters. The Balaban J connectivity index is 2.21. The number of rotatable bonds is 7. The number of aliphatic hydroxyl groups excluding tert-OH is 1. The summed E-state index contributed by atoms with van der Waals surface area (Å²) in [6.07, 6.45) is 1.63. The summed E-state index contributed by atoms with van der Waals surface area (Å²) in [5.74, 6) is -0.679. The molecule has 176 valence electrons. The van der Waals surface area contributed by atoms with Crippen molar-refractivity contribution in [3.63, 3.8) is 0 Å². The average molecular weight is 452 g/mol. The Morgan fingerprint density at radius 2 is 1.70 bits per heavy atom.